The summed E-state index contributed by atoms with van der Waals surface area (Å²) in [5, 5.41) is 4.29. The van der Waals surface area contributed by atoms with E-state index >= 15 is 0 Å². The number of nitrogens with one attached hydrogen (secondary N) is 1. The van der Waals surface area contributed by atoms with Gasteiger partial charge < -0.3 is 10.1 Å². The smallest absolute Gasteiger partial charge is 0.310 e. The number of hydrogen-bond donors (Lipinski definition) is 1. The molecule has 30 heavy (non-hydrogen) atoms. The number of hydrogen-bond acceptors (Lipinski definition) is 4. The first-order valence-corrected chi connectivity index (χ1v) is 10.9. The van der Waals surface area contributed by atoms with Gasteiger partial charge in [0.05, 0.1) is 18.9 Å². The minimum absolute atomic E-state index is 0.00287. The van der Waals surface area contributed by atoms with Crippen molar-refractivity contribution in [3.8, 4) is 0 Å². The number of carbonyl (C=O) groups excluding carboxylic acids is 2. The summed E-state index contributed by atoms with van der Waals surface area (Å²) >= 11 is 12.6. The zero-order chi connectivity index (χ0) is 21.5. The highest BCUT2D eigenvalue weighted by atomic mass is 35.5. The number of piperidine rings is 1. The van der Waals surface area contributed by atoms with E-state index in [1.165, 1.54) is 0 Å². The van der Waals surface area contributed by atoms with Crippen LogP contribution in [0.4, 0.5) is 5.69 Å². The Morgan fingerprint density at radius 1 is 1.13 bits per heavy atom. The summed E-state index contributed by atoms with van der Waals surface area (Å²) in [7, 11) is 0. The van der Waals surface area contributed by atoms with E-state index in [0.717, 1.165) is 36.2 Å². The highest BCUT2D eigenvalue weighted by Gasteiger charge is 2.26. The molecule has 5 nitrogen and oxygen atoms in total. The zero-order valence-corrected chi connectivity index (χ0v) is 18.5. The van der Waals surface area contributed by atoms with E-state index in [1.807, 2.05) is 42.5 Å². The third kappa shape index (κ3) is 6.21. The third-order valence-electron chi connectivity index (χ3n) is 5.19. The van der Waals surface area contributed by atoms with Crippen molar-refractivity contribution in [1.82, 2.24) is 4.90 Å². The molecule has 1 saturated heterocycles. The average molecular weight is 449 g/mol. The van der Waals surface area contributed by atoms with Gasteiger partial charge in [0.2, 0.25) is 5.91 Å². The Hall–Kier alpha value is -2.08. The largest absolute Gasteiger partial charge is 0.466 e. The van der Waals surface area contributed by atoms with Crippen LogP contribution in [-0.4, -0.2) is 36.5 Å². The van der Waals surface area contributed by atoms with Gasteiger partial charge in [0.25, 0.3) is 0 Å². The first-order chi connectivity index (χ1) is 14.5. The SMILES string of the molecule is CCOC(=O)Cc1ccc(NC(=O)[C@@H]2CCCN(Cc3c(Cl)cccc3Cl)C2)cc1. The van der Waals surface area contributed by atoms with Crippen LogP contribution >= 0.6 is 23.2 Å². The summed E-state index contributed by atoms with van der Waals surface area (Å²) in [6, 6.07) is 12.8. The molecule has 1 heterocycles. The van der Waals surface area contributed by atoms with Crippen molar-refractivity contribution in [2.24, 2.45) is 5.92 Å². The van der Waals surface area contributed by atoms with E-state index in [1.54, 1.807) is 6.92 Å². The van der Waals surface area contributed by atoms with Gasteiger partial charge in [-0.2, -0.15) is 0 Å². The lowest BCUT2D eigenvalue weighted by molar-refractivity contribution is -0.142. The van der Waals surface area contributed by atoms with E-state index in [9.17, 15) is 9.59 Å². The number of halogens is 2. The number of ether oxygens (including phenoxy) is 1. The predicted octanol–water partition coefficient (Wildman–Crippen LogP) is 4.95. The fourth-order valence-corrected chi connectivity index (χ4v) is 4.17. The Labute approximate surface area is 187 Å². The molecule has 1 aliphatic heterocycles. The van der Waals surface area contributed by atoms with Crippen molar-refractivity contribution in [3.05, 3.63) is 63.6 Å². The van der Waals surface area contributed by atoms with Crippen molar-refractivity contribution >= 4 is 40.8 Å². The minimum Gasteiger partial charge on any atom is -0.466 e. The Balaban J connectivity index is 1.55. The Morgan fingerprint density at radius 3 is 2.50 bits per heavy atom. The van der Waals surface area contributed by atoms with Crippen LogP contribution in [0.1, 0.15) is 30.9 Å². The third-order valence-corrected chi connectivity index (χ3v) is 5.90. The molecule has 2 aromatic carbocycles. The summed E-state index contributed by atoms with van der Waals surface area (Å²) < 4.78 is 4.96. The molecule has 0 spiro atoms. The summed E-state index contributed by atoms with van der Waals surface area (Å²) in [4.78, 5) is 26.6. The fraction of sp³-hybridized carbons (Fsp3) is 0.391. The lowest BCUT2D eigenvalue weighted by Crippen LogP contribution is -2.40. The molecule has 0 bridgehead atoms. The quantitative estimate of drug-likeness (QED) is 0.608. The van der Waals surface area contributed by atoms with E-state index in [-0.39, 0.29) is 24.2 Å². The second-order valence-corrected chi connectivity index (χ2v) is 8.26. The van der Waals surface area contributed by atoms with Gasteiger partial charge in [-0.3, -0.25) is 14.5 Å². The highest BCUT2D eigenvalue weighted by molar-refractivity contribution is 6.35. The number of esters is 1. The molecule has 0 saturated carbocycles. The topological polar surface area (TPSA) is 58.6 Å². The molecule has 3 rings (SSSR count). The van der Waals surface area contributed by atoms with E-state index in [0.29, 0.717) is 29.7 Å². The standard InChI is InChI=1S/C23H26Cl2N2O3/c1-2-30-22(28)13-16-8-10-18(11-9-16)26-23(29)17-5-4-12-27(14-17)15-19-20(24)6-3-7-21(19)25/h3,6-11,17H,2,4-5,12-15H2,1H3,(H,26,29)/t17-/m1/s1. The van der Waals surface area contributed by atoms with Crippen LogP contribution in [0.25, 0.3) is 0 Å². The van der Waals surface area contributed by atoms with E-state index in [2.05, 4.69) is 10.2 Å². The zero-order valence-electron chi connectivity index (χ0n) is 17.0. The molecule has 1 amide bonds. The Morgan fingerprint density at radius 2 is 1.83 bits per heavy atom. The molecule has 2 aromatic rings. The van der Waals surface area contributed by atoms with Crippen LogP contribution in [0.15, 0.2) is 42.5 Å². The second kappa shape index (κ2) is 10.8. The van der Waals surface area contributed by atoms with Gasteiger partial charge in [0, 0.05) is 34.4 Å². The lowest BCUT2D eigenvalue weighted by atomic mass is 9.96. The van der Waals surface area contributed by atoms with Gasteiger partial charge in [-0.25, -0.2) is 0 Å². The van der Waals surface area contributed by atoms with Crippen molar-refractivity contribution in [3.63, 3.8) is 0 Å². The second-order valence-electron chi connectivity index (χ2n) is 7.44. The van der Waals surface area contributed by atoms with Gasteiger partial charge >= 0.3 is 5.97 Å². The van der Waals surface area contributed by atoms with Gasteiger partial charge in [-0.1, -0.05) is 41.4 Å². The number of carbonyl (C=O) groups is 2. The van der Waals surface area contributed by atoms with Crippen molar-refractivity contribution in [2.75, 3.05) is 25.0 Å². The van der Waals surface area contributed by atoms with E-state index in [4.69, 9.17) is 27.9 Å². The normalized spacial score (nSPS) is 16.8. The summed E-state index contributed by atoms with van der Waals surface area (Å²) in [5.41, 5.74) is 2.48. The van der Waals surface area contributed by atoms with Crippen LogP contribution in [0.3, 0.4) is 0 Å². The number of anilines is 1. The van der Waals surface area contributed by atoms with Crippen LogP contribution < -0.4 is 5.32 Å². The van der Waals surface area contributed by atoms with E-state index < -0.39 is 0 Å². The highest BCUT2D eigenvalue weighted by Crippen LogP contribution is 2.28. The summed E-state index contributed by atoms with van der Waals surface area (Å²) in [6.45, 7) is 4.35. The number of benzene rings is 2. The van der Waals surface area contributed by atoms with Crippen LogP contribution in [0.2, 0.25) is 10.0 Å². The van der Waals surface area contributed by atoms with Gasteiger partial charge in [-0.05, 0) is 56.1 Å². The number of rotatable bonds is 7. The van der Waals surface area contributed by atoms with Gasteiger partial charge in [-0.15, -0.1) is 0 Å². The first-order valence-electron chi connectivity index (χ1n) is 10.2. The molecule has 1 N–H and O–H groups in total. The molecule has 1 atom stereocenters. The number of nitrogens with zero attached hydrogens (tertiary/aromatic N) is 1. The van der Waals surface area contributed by atoms with Crippen molar-refractivity contribution < 1.29 is 14.3 Å². The van der Waals surface area contributed by atoms with Gasteiger partial charge in [0.1, 0.15) is 0 Å². The Bertz CT molecular complexity index is 866. The monoisotopic (exact) mass is 448 g/mol. The Kier molecular flexibility index (Phi) is 8.14. The molecule has 0 aliphatic carbocycles. The summed E-state index contributed by atoms with van der Waals surface area (Å²) in [5.74, 6) is -0.350. The molecule has 1 fully saturated rings. The first kappa shape index (κ1) is 22.6. The average Bonchev–Trinajstić information content (AvgIpc) is 2.73. The molecule has 7 heteroatoms. The van der Waals surface area contributed by atoms with Crippen molar-refractivity contribution in [2.45, 2.75) is 32.7 Å². The van der Waals surface area contributed by atoms with Crippen LogP contribution in [-0.2, 0) is 27.3 Å². The molecular weight excluding hydrogens is 423 g/mol. The molecular formula is C23H26Cl2N2O3. The van der Waals surface area contributed by atoms with Crippen molar-refractivity contribution in [1.29, 1.82) is 0 Å². The fourth-order valence-electron chi connectivity index (χ4n) is 3.65. The predicted molar refractivity (Wildman–Crippen MR) is 120 cm³/mol. The summed E-state index contributed by atoms with van der Waals surface area (Å²) in [6.07, 6.45) is 2.02. The minimum atomic E-state index is -0.254. The maximum absolute atomic E-state index is 12.8. The molecule has 0 aromatic heterocycles. The molecule has 0 radical (unpaired) electrons. The maximum atomic E-state index is 12.8. The van der Waals surface area contributed by atoms with Crippen LogP contribution in [0.5, 0.6) is 0 Å². The lowest BCUT2D eigenvalue weighted by Gasteiger charge is -2.32. The molecule has 0 unspecified atom stereocenters. The molecule has 160 valence electrons. The maximum Gasteiger partial charge on any atom is 0.310 e. The number of amides is 1. The number of likely N-dealkylation sites (tertiary alicyclic amines) is 1. The van der Waals surface area contributed by atoms with Crippen LogP contribution in [0, 0.1) is 5.92 Å². The van der Waals surface area contributed by atoms with Gasteiger partial charge in [0.15, 0.2) is 0 Å². The molecule has 1 aliphatic rings.